The first-order valence-corrected chi connectivity index (χ1v) is 8.33. The van der Waals surface area contributed by atoms with Crippen LogP contribution in [0.15, 0.2) is 42.5 Å². The number of rotatable bonds is 9. The summed E-state index contributed by atoms with van der Waals surface area (Å²) in [6.07, 6.45) is 0.484. The maximum atomic E-state index is 11.9. The zero-order valence-corrected chi connectivity index (χ0v) is 15.5. The van der Waals surface area contributed by atoms with Gasteiger partial charge in [-0.05, 0) is 36.2 Å². The van der Waals surface area contributed by atoms with Gasteiger partial charge in [-0.3, -0.25) is 19.7 Å². The second-order valence-corrected chi connectivity index (χ2v) is 5.73. The molecule has 0 spiro atoms. The average Bonchev–Trinajstić information content (AvgIpc) is 2.70. The third-order valence-electron chi connectivity index (χ3n) is 3.76. The quantitative estimate of drug-likeness (QED) is 0.399. The van der Waals surface area contributed by atoms with E-state index in [-0.39, 0.29) is 12.1 Å². The predicted octanol–water partition coefficient (Wildman–Crippen LogP) is 2.73. The van der Waals surface area contributed by atoms with E-state index in [1.54, 1.807) is 18.2 Å². The molecule has 9 heteroatoms. The molecule has 0 radical (unpaired) electrons. The van der Waals surface area contributed by atoms with E-state index in [0.29, 0.717) is 23.6 Å². The molecular formula is C19H20N2O7. The monoisotopic (exact) mass is 388 g/mol. The third kappa shape index (κ3) is 6.27. The molecule has 1 amide bonds. The van der Waals surface area contributed by atoms with E-state index >= 15 is 0 Å². The molecule has 0 bridgehead atoms. The van der Waals surface area contributed by atoms with Crippen LogP contribution in [0.1, 0.15) is 12.0 Å². The van der Waals surface area contributed by atoms with E-state index in [0.717, 1.165) is 5.56 Å². The highest BCUT2D eigenvalue weighted by atomic mass is 16.6. The highest BCUT2D eigenvalue weighted by molar-refractivity contribution is 5.92. The molecule has 2 rings (SSSR count). The van der Waals surface area contributed by atoms with Crippen LogP contribution in [0.2, 0.25) is 0 Å². The number of non-ortho nitro benzene ring substituents is 1. The molecule has 0 unspecified atom stereocenters. The van der Waals surface area contributed by atoms with Gasteiger partial charge in [0.1, 0.15) is 11.5 Å². The zero-order valence-electron chi connectivity index (χ0n) is 15.5. The Kier molecular flexibility index (Phi) is 7.32. The van der Waals surface area contributed by atoms with Crippen LogP contribution >= 0.6 is 0 Å². The predicted molar refractivity (Wildman–Crippen MR) is 101 cm³/mol. The van der Waals surface area contributed by atoms with Crippen molar-refractivity contribution in [2.75, 3.05) is 26.1 Å². The van der Waals surface area contributed by atoms with Crippen molar-refractivity contribution < 1.29 is 28.7 Å². The molecule has 2 aromatic rings. The van der Waals surface area contributed by atoms with Crippen molar-refractivity contribution >= 4 is 23.3 Å². The normalized spacial score (nSPS) is 10.1. The number of carbonyl (C=O) groups excluding carboxylic acids is 2. The fourth-order valence-electron chi connectivity index (χ4n) is 2.34. The van der Waals surface area contributed by atoms with Crippen LogP contribution in [-0.2, 0) is 20.7 Å². The number of nitrogens with zero attached hydrogens (tertiary/aromatic N) is 1. The van der Waals surface area contributed by atoms with E-state index in [4.69, 9.17) is 14.2 Å². The van der Waals surface area contributed by atoms with Crippen LogP contribution in [0.5, 0.6) is 11.5 Å². The van der Waals surface area contributed by atoms with Gasteiger partial charge in [0.2, 0.25) is 0 Å². The summed E-state index contributed by atoms with van der Waals surface area (Å²) < 4.78 is 15.3. The van der Waals surface area contributed by atoms with Gasteiger partial charge in [0, 0.05) is 30.3 Å². The minimum Gasteiger partial charge on any atom is -0.497 e. The number of hydrogen-bond acceptors (Lipinski definition) is 7. The van der Waals surface area contributed by atoms with Crippen LogP contribution in [0.25, 0.3) is 0 Å². The van der Waals surface area contributed by atoms with Crippen LogP contribution < -0.4 is 14.8 Å². The number of nitro benzene ring substituents is 1. The molecule has 0 fully saturated rings. The van der Waals surface area contributed by atoms with Gasteiger partial charge in [0.15, 0.2) is 6.61 Å². The summed E-state index contributed by atoms with van der Waals surface area (Å²) >= 11 is 0. The molecule has 0 heterocycles. The number of anilines is 1. The van der Waals surface area contributed by atoms with Crippen molar-refractivity contribution in [1.29, 1.82) is 0 Å². The first kappa shape index (κ1) is 20.7. The summed E-state index contributed by atoms with van der Waals surface area (Å²) in [7, 11) is 3.08. The molecule has 0 atom stereocenters. The Morgan fingerprint density at radius 1 is 1.04 bits per heavy atom. The Labute approximate surface area is 161 Å². The molecule has 148 valence electrons. The Morgan fingerprint density at radius 2 is 1.64 bits per heavy atom. The molecule has 1 N–H and O–H groups in total. The van der Waals surface area contributed by atoms with Crippen molar-refractivity contribution in [3.05, 3.63) is 58.1 Å². The van der Waals surface area contributed by atoms with E-state index in [9.17, 15) is 19.7 Å². The first-order chi connectivity index (χ1) is 13.4. The van der Waals surface area contributed by atoms with Gasteiger partial charge in [-0.2, -0.15) is 0 Å². The molecule has 0 saturated carbocycles. The smallest absolute Gasteiger partial charge is 0.306 e. The molecule has 0 saturated heterocycles. The first-order valence-electron chi connectivity index (χ1n) is 8.33. The molecule has 9 nitrogen and oxygen atoms in total. The number of benzene rings is 2. The Bertz CT molecular complexity index is 828. The van der Waals surface area contributed by atoms with Gasteiger partial charge in [-0.1, -0.05) is 0 Å². The number of esters is 1. The van der Waals surface area contributed by atoms with Gasteiger partial charge < -0.3 is 19.5 Å². The number of nitrogens with one attached hydrogen (secondary N) is 1. The maximum absolute atomic E-state index is 11.9. The van der Waals surface area contributed by atoms with Crippen molar-refractivity contribution in [3.8, 4) is 11.5 Å². The lowest BCUT2D eigenvalue weighted by Gasteiger charge is -2.09. The van der Waals surface area contributed by atoms with Crippen LogP contribution in [0, 0.1) is 10.1 Å². The van der Waals surface area contributed by atoms with E-state index in [1.165, 1.54) is 38.5 Å². The van der Waals surface area contributed by atoms with Crippen molar-refractivity contribution in [1.82, 2.24) is 0 Å². The highest BCUT2D eigenvalue weighted by Gasteiger charge is 2.11. The zero-order chi connectivity index (χ0) is 20.5. The standard InChI is InChI=1S/C19H20N2O7/c1-26-16-9-13(10-17(11-16)27-2)3-8-19(23)28-12-18(22)20-14-4-6-15(7-5-14)21(24)25/h4-7,9-11H,3,8,12H2,1-2H3,(H,20,22). The Morgan fingerprint density at radius 3 is 2.18 bits per heavy atom. The number of nitro groups is 1. The third-order valence-corrected chi connectivity index (χ3v) is 3.76. The second kappa shape index (κ2) is 9.91. The molecular weight excluding hydrogens is 368 g/mol. The second-order valence-electron chi connectivity index (χ2n) is 5.73. The largest absolute Gasteiger partial charge is 0.497 e. The van der Waals surface area contributed by atoms with E-state index in [1.807, 2.05) is 0 Å². The van der Waals surface area contributed by atoms with Crippen LogP contribution in [0.4, 0.5) is 11.4 Å². The highest BCUT2D eigenvalue weighted by Crippen LogP contribution is 2.23. The van der Waals surface area contributed by atoms with Crippen LogP contribution in [-0.4, -0.2) is 37.6 Å². The number of ether oxygens (including phenoxy) is 3. The maximum Gasteiger partial charge on any atom is 0.306 e. The fraction of sp³-hybridized carbons (Fsp3) is 0.263. The van der Waals surface area contributed by atoms with E-state index < -0.39 is 23.4 Å². The van der Waals surface area contributed by atoms with Gasteiger partial charge in [0.25, 0.3) is 11.6 Å². The average molecular weight is 388 g/mol. The molecule has 2 aromatic carbocycles. The SMILES string of the molecule is COc1cc(CCC(=O)OCC(=O)Nc2ccc([N+](=O)[O-])cc2)cc(OC)c1. The summed E-state index contributed by atoms with van der Waals surface area (Å²) in [6.45, 7) is -0.447. The number of carbonyl (C=O) groups is 2. The number of hydrogen-bond donors (Lipinski definition) is 1. The van der Waals surface area contributed by atoms with Crippen molar-refractivity contribution in [3.63, 3.8) is 0 Å². The number of aryl methyl sites for hydroxylation is 1. The lowest BCUT2D eigenvalue weighted by atomic mass is 10.1. The minimum absolute atomic E-state index is 0.0845. The lowest BCUT2D eigenvalue weighted by molar-refractivity contribution is -0.384. The number of methoxy groups -OCH3 is 2. The van der Waals surface area contributed by atoms with Crippen LogP contribution in [0.3, 0.4) is 0 Å². The fourth-order valence-corrected chi connectivity index (χ4v) is 2.34. The summed E-state index contributed by atoms with van der Waals surface area (Å²) in [4.78, 5) is 33.7. The molecule has 0 aromatic heterocycles. The molecule has 0 aliphatic heterocycles. The van der Waals surface area contributed by atoms with Gasteiger partial charge in [-0.25, -0.2) is 0 Å². The Balaban J connectivity index is 1.79. The molecule has 0 aliphatic carbocycles. The molecule has 0 aliphatic rings. The summed E-state index contributed by atoms with van der Waals surface area (Å²) in [6, 6.07) is 10.6. The summed E-state index contributed by atoms with van der Waals surface area (Å²) in [5.41, 5.74) is 1.12. The van der Waals surface area contributed by atoms with Gasteiger partial charge in [-0.15, -0.1) is 0 Å². The lowest BCUT2D eigenvalue weighted by Crippen LogP contribution is -2.21. The molecule has 28 heavy (non-hydrogen) atoms. The number of amides is 1. The van der Waals surface area contributed by atoms with Gasteiger partial charge in [0.05, 0.1) is 19.1 Å². The van der Waals surface area contributed by atoms with Crippen molar-refractivity contribution in [2.45, 2.75) is 12.8 Å². The topological polar surface area (TPSA) is 117 Å². The van der Waals surface area contributed by atoms with Gasteiger partial charge >= 0.3 is 5.97 Å². The Hall–Kier alpha value is -3.62. The van der Waals surface area contributed by atoms with Crippen molar-refractivity contribution in [2.24, 2.45) is 0 Å². The summed E-state index contributed by atoms with van der Waals surface area (Å²) in [5, 5.41) is 13.1. The van der Waals surface area contributed by atoms with E-state index in [2.05, 4.69) is 5.32 Å². The minimum atomic E-state index is -0.537. The summed E-state index contributed by atoms with van der Waals surface area (Å²) in [5.74, 6) is 0.168.